The third-order valence-electron chi connectivity index (χ3n) is 3.87. The molecule has 3 nitrogen and oxygen atoms in total. The Labute approximate surface area is 124 Å². The molecule has 0 heterocycles. The SMILES string of the molecule is CCCNc1c(F)cc(C(=O)NCC(C)C2CC2)cc1F. The number of hydrogen-bond donors (Lipinski definition) is 2. The number of anilines is 1. The number of nitrogens with one attached hydrogen (secondary N) is 2. The van der Waals surface area contributed by atoms with Crippen LogP contribution in [0.3, 0.4) is 0 Å². The summed E-state index contributed by atoms with van der Waals surface area (Å²) in [5.74, 6) is -0.802. The van der Waals surface area contributed by atoms with Crippen molar-refractivity contribution in [3.8, 4) is 0 Å². The van der Waals surface area contributed by atoms with Gasteiger partial charge in [0.15, 0.2) is 0 Å². The number of amides is 1. The summed E-state index contributed by atoms with van der Waals surface area (Å²) in [5, 5.41) is 5.43. The van der Waals surface area contributed by atoms with Crippen LogP contribution in [0.4, 0.5) is 14.5 Å². The molecular formula is C16H22F2N2O. The lowest BCUT2D eigenvalue weighted by Gasteiger charge is -2.13. The smallest absolute Gasteiger partial charge is 0.251 e. The Morgan fingerprint density at radius 3 is 2.48 bits per heavy atom. The molecule has 1 saturated carbocycles. The molecule has 0 aromatic heterocycles. The van der Waals surface area contributed by atoms with Gasteiger partial charge in [0.2, 0.25) is 0 Å². The van der Waals surface area contributed by atoms with Crippen LogP contribution in [0.5, 0.6) is 0 Å². The Bertz CT molecular complexity index is 492. The Kier molecular flexibility index (Phi) is 5.15. The van der Waals surface area contributed by atoms with Crippen LogP contribution in [-0.2, 0) is 0 Å². The van der Waals surface area contributed by atoms with Crippen molar-refractivity contribution in [2.45, 2.75) is 33.1 Å². The van der Waals surface area contributed by atoms with Crippen LogP contribution in [0.2, 0.25) is 0 Å². The van der Waals surface area contributed by atoms with E-state index in [0.717, 1.165) is 18.6 Å². The molecule has 1 aromatic rings. The molecule has 5 heteroatoms. The second-order valence-corrected chi connectivity index (χ2v) is 5.77. The first-order valence-electron chi connectivity index (χ1n) is 7.54. The van der Waals surface area contributed by atoms with Gasteiger partial charge in [0.1, 0.15) is 17.3 Å². The van der Waals surface area contributed by atoms with Crippen molar-refractivity contribution in [3.63, 3.8) is 0 Å². The minimum absolute atomic E-state index is 0.0232. The molecule has 1 unspecified atom stereocenters. The standard InChI is InChI=1S/C16H22F2N2O/c1-3-6-19-15-13(17)7-12(8-14(15)18)16(21)20-9-10(2)11-4-5-11/h7-8,10-11,19H,3-6,9H2,1-2H3,(H,20,21). The monoisotopic (exact) mass is 296 g/mol. The van der Waals surface area contributed by atoms with E-state index < -0.39 is 17.5 Å². The fraction of sp³-hybridized carbons (Fsp3) is 0.562. The number of carbonyl (C=O) groups excluding carboxylic acids is 1. The van der Waals surface area contributed by atoms with Crippen LogP contribution in [0.15, 0.2) is 12.1 Å². The normalized spacial score (nSPS) is 15.6. The predicted octanol–water partition coefficient (Wildman–Crippen LogP) is 3.56. The first kappa shape index (κ1) is 15.7. The zero-order valence-electron chi connectivity index (χ0n) is 12.5. The molecule has 0 saturated heterocycles. The highest BCUT2D eigenvalue weighted by Crippen LogP contribution is 2.36. The zero-order chi connectivity index (χ0) is 15.4. The highest BCUT2D eigenvalue weighted by Gasteiger charge is 2.28. The lowest BCUT2D eigenvalue weighted by Crippen LogP contribution is -2.29. The molecule has 1 aliphatic rings. The van der Waals surface area contributed by atoms with E-state index in [9.17, 15) is 13.6 Å². The first-order valence-corrected chi connectivity index (χ1v) is 7.54. The summed E-state index contributed by atoms with van der Waals surface area (Å²) in [7, 11) is 0. The van der Waals surface area contributed by atoms with Crippen molar-refractivity contribution >= 4 is 11.6 Å². The van der Waals surface area contributed by atoms with E-state index in [1.54, 1.807) is 0 Å². The van der Waals surface area contributed by atoms with Gasteiger partial charge in [0.05, 0.1) is 0 Å². The van der Waals surface area contributed by atoms with Crippen molar-refractivity contribution < 1.29 is 13.6 Å². The number of hydrogen-bond acceptors (Lipinski definition) is 2. The fourth-order valence-corrected chi connectivity index (χ4v) is 2.31. The number of rotatable bonds is 7. The largest absolute Gasteiger partial charge is 0.380 e. The van der Waals surface area contributed by atoms with E-state index in [0.29, 0.717) is 24.9 Å². The van der Waals surface area contributed by atoms with Gasteiger partial charge in [-0.05, 0) is 43.2 Å². The van der Waals surface area contributed by atoms with Crippen molar-refractivity contribution in [1.29, 1.82) is 0 Å². The van der Waals surface area contributed by atoms with Gasteiger partial charge in [0, 0.05) is 18.7 Å². The average molecular weight is 296 g/mol. The van der Waals surface area contributed by atoms with Crippen LogP contribution in [0.1, 0.15) is 43.5 Å². The van der Waals surface area contributed by atoms with Gasteiger partial charge in [0.25, 0.3) is 5.91 Å². The van der Waals surface area contributed by atoms with Crippen molar-refractivity contribution in [1.82, 2.24) is 5.32 Å². The molecule has 21 heavy (non-hydrogen) atoms. The van der Waals surface area contributed by atoms with E-state index in [1.807, 2.05) is 6.92 Å². The van der Waals surface area contributed by atoms with Crippen LogP contribution < -0.4 is 10.6 Å². The second kappa shape index (κ2) is 6.87. The van der Waals surface area contributed by atoms with Gasteiger partial charge in [-0.15, -0.1) is 0 Å². The lowest BCUT2D eigenvalue weighted by molar-refractivity contribution is 0.0946. The maximum absolute atomic E-state index is 13.8. The fourth-order valence-electron chi connectivity index (χ4n) is 2.31. The van der Waals surface area contributed by atoms with Gasteiger partial charge in [-0.25, -0.2) is 8.78 Å². The molecule has 1 fully saturated rings. The highest BCUT2D eigenvalue weighted by atomic mass is 19.1. The Morgan fingerprint density at radius 1 is 1.33 bits per heavy atom. The van der Waals surface area contributed by atoms with E-state index in [-0.39, 0.29) is 11.3 Å². The van der Waals surface area contributed by atoms with Crippen LogP contribution in [0, 0.1) is 23.5 Å². The molecule has 2 rings (SSSR count). The van der Waals surface area contributed by atoms with Crippen LogP contribution >= 0.6 is 0 Å². The molecule has 116 valence electrons. The summed E-state index contributed by atoms with van der Waals surface area (Å²) in [6.45, 7) is 5.02. The predicted molar refractivity (Wildman–Crippen MR) is 79.4 cm³/mol. The molecule has 1 atom stereocenters. The maximum Gasteiger partial charge on any atom is 0.251 e. The van der Waals surface area contributed by atoms with Gasteiger partial charge < -0.3 is 10.6 Å². The van der Waals surface area contributed by atoms with Crippen LogP contribution in [-0.4, -0.2) is 19.0 Å². The Hall–Kier alpha value is -1.65. The quantitative estimate of drug-likeness (QED) is 0.807. The molecule has 1 amide bonds. The number of carbonyl (C=O) groups is 1. The third-order valence-corrected chi connectivity index (χ3v) is 3.87. The van der Waals surface area contributed by atoms with Crippen molar-refractivity contribution in [2.75, 3.05) is 18.4 Å². The van der Waals surface area contributed by atoms with E-state index >= 15 is 0 Å². The maximum atomic E-state index is 13.8. The van der Waals surface area contributed by atoms with Crippen LogP contribution in [0.25, 0.3) is 0 Å². The minimum Gasteiger partial charge on any atom is -0.380 e. The lowest BCUT2D eigenvalue weighted by atomic mass is 10.1. The highest BCUT2D eigenvalue weighted by molar-refractivity contribution is 5.94. The second-order valence-electron chi connectivity index (χ2n) is 5.77. The van der Waals surface area contributed by atoms with Crippen molar-refractivity contribution in [3.05, 3.63) is 29.3 Å². The summed E-state index contributed by atoms with van der Waals surface area (Å²) in [4.78, 5) is 12.0. The molecule has 1 aliphatic carbocycles. The number of benzene rings is 1. The van der Waals surface area contributed by atoms with Crippen molar-refractivity contribution in [2.24, 2.45) is 11.8 Å². The van der Waals surface area contributed by atoms with Gasteiger partial charge in [-0.2, -0.15) is 0 Å². The van der Waals surface area contributed by atoms with E-state index in [1.165, 1.54) is 12.8 Å². The van der Waals surface area contributed by atoms with Gasteiger partial charge >= 0.3 is 0 Å². The van der Waals surface area contributed by atoms with Gasteiger partial charge in [-0.3, -0.25) is 4.79 Å². The molecular weight excluding hydrogens is 274 g/mol. The first-order chi connectivity index (χ1) is 10.0. The Morgan fingerprint density at radius 2 is 1.95 bits per heavy atom. The molecule has 0 radical (unpaired) electrons. The molecule has 2 N–H and O–H groups in total. The summed E-state index contributed by atoms with van der Waals surface area (Å²) in [6.07, 6.45) is 3.18. The number of halogens is 2. The van der Waals surface area contributed by atoms with Gasteiger partial charge in [-0.1, -0.05) is 13.8 Å². The zero-order valence-corrected chi connectivity index (χ0v) is 12.5. The summed E-state index contributed by atoms with van der Waals surface area (Å²) >= 11 is 0. The Balaban J connectivity index is 2.00. The van der Waals surface area contributed by atoms with E-state index in [4.69, 9.17) is 0 Å². The minimum atomic E-state index is -0.733. The molecule has 0 bridgehead atoms. The molecule has 1 aromatic carbocycles. The summed E-state index contributed by atoms with van der Waals surface area (Å²) < 4.78 is 27.7. The third kappa shape index (κ3) is 4.16. The van der Waals surface area contributed by atoms with E-state index in [2.05, 4.69) is 17.6 Å². The summed E-state index contributed by atoms with van der Waals surface area (Å²) in [5.41, 5.74) is -0.144. The molecule has 0 spiro atoms. The summed E-state index contributed by atoms with van der Waals surface area (Å²) in [6, 6.07) is 2.16. The topological polar surface area (TPSA) is 41.1 Å². The molecule has 0 aliphatic heterocycles. The average Bonchev–Trinajstić information content (AvgIpc) is 3.28.